The topological polar surface area (TPSA) is 44.8 Å². The fourth-order valence-electron chi connectivity index (χ4n) is 1.24. The summed E-state index contributed by atoms with van der Waals surface area (Å²) in [4.78, 5) is 11.4. The molecule has 0 rings (SSSR count). The van der Waals surface area contributed by atoms with Crippen molar-refractivity contribution in [1.82, 2.24) is 0 Å². The van der Waals surface area contributed by atoms with Crippen molar-refractivity contribution < 1.29 is 18.1 Å². The number of unbranched alkanes of at least 4 members (excludes halogenated alkanes) is 1. The first kappa shape index (κ1) is 16.1. The zero-order valence-corrected chi connectivity index (χ0v) is 12.4. The van der Waals surface area contributed by atoms with Gasteiger partial charge in [0.25, 0.3) is 0 Å². The normalized spacial score (nSPS) is 11.8. The third kappa shape index (κ3) is 6.00. The highest BCUT2D eigenvalue weighted by atomic mass is 32.2. The third-order valence-electron chi connectivity index (χ3n) is 2.34. The summed E-state index contributed by atoms with van der Waals surface area (Å²) >= 11 is 1.35. The van der Waals surface area contributed by atoms with E-state index in [1.54, 1.807) is 21.3 Å². The number of thioether (sulfide) groups is 1. The molecule has 0 radical (unpaired) electrons. The Balaban J connectivity index is 3.81. The smallest absolute Gasteiger partial charge is 0.377 e. The molecule has 0 aromatic carbocycles. The van der Waals surface area contributed by atoms with E-state index in [4.69, 9.17) is 13.3 Å². The summed E-state index contributed by atoms with van der Waals surface area (Å²) in [7, 11) is 2.27. The van der Waals surface area contributed by atoms with Crippen molar-refractivity contribution >= 4 is 25.7 Å². The molecular formula is C10H22O4SSi. The maximum absolute atomic E-state index is 11.4. The zero-order valence-electron chi connectivity index (χ0n) is 10.6. The summed E-state index contributed by atoms with van der Waals surface area (Å²) in [5.74, 6) is 0.699. The Morgan fingerprint density at radius 1 is 1.19 bits per heavy atom. The number of hydrogen-bond donors (Lipinski definition) is 0. The molecule has 0 N–H and O–H groups in total. The van der Waals surface area contributed by atoms with Crippen molar-refractivity contribution in [3.8, 4) is 0 Å². The molecule has 0 aromatic rings. The number of hydrogen-bond acceptors (Lipinski definition) is 5. The molecule has 0 saturated heterocycles. The molecule has 0 bridgehead atoms. The molecule has 0 aliphatic rings. The van der Waals surface area contributed by atoms with E-state index in [1.165, 1.54) is 11.8 Å². The van der Waals surface area contributed by atoms with Crippen molar-refractivity contribution in [3.05, 3.63) is 0 Å². The first-order valence-corrected chi connectivity index (χ1v) is 8.37. The Hall–Kier alpha value is 0.117. The van der Waals surface area contributed by atoms with E-state index < -0.39 is 8.80 Å². The number of carbonyl (C=O) groups excluding carboxylic acids is 1. The van der Waals surface area contributed by atoms with Crippen LogP contribution in [-0.2, 0) is 18.1 Å². The first-order valence-electron chi connectivity index (χ1n) is 5.45. The van der Waals surface area contributed by atoms with Crippen LogP contribution in [0.3, 0.4) is 0 Å². The molecule has 0 heterocycles. The molecule has 96 valence electrons. The van der Waals surface area contributed by atoms with E-state index in [9.17, 15) is 4.79 Å². The molecule has 4 nitrogen and oxygen atoms in total. The molecule has 0 unspecified atom stereocenters. The highest BCUT2D eigenvalue weighted by molar-refractivity contribution is 8.13. The molecule has 6 heteroatoms. The molecule has 16 heavy (non-hydrogen) atoms. The minimum atomic E-state index is -2.49. The van der Waals surface area contributed by atoms with Crippen molar-refractivity contribution in [1.29, 1.82) is 0 Å². The van der Waals surface area contributed by atoms with Crippen LogP contribution in [0.4, 0.5) is 0 Å². The Morgan fingerprint density at radius 3 is 2.19 bits per heavy atom. The van der Waals surface area contributed by atoms with Crippen LogP contribution in [0.2, 0.25) is 6.04 Å². The monoisotopic (exact) mass is 266 g/mol. The third-order valence-corrected chi connectivity index (χ3v) is 6.36. The lowest BCUT2D eigenvalue weighted by Gasteiger charge is -2.23. The number of rotatable bonds is 9. The van der Waals surface area contributed by atoms with Crippen molar-refractivity contribution in [2.45, 2.75) is 32.2 Å². The lowest BCUT2D eigenvalue weighted by Crippen LogP contribution is -2.43. The Kier molecular flexibility index (Phi) is 9.25. The Bertz CT molecular complexity index is 189. The minimum Gasteiger partial charge on any atom is -0.377 e. The van der Waals surface area contributed by atoms with Gasteiger partial charge in [-0.3, -0.25) is 4.79 Å². The lowest BCUT2D eigenvalue weighted by atomic mass is 10.3. The maximum Gasteiger partial charge on any atom is 0.500 e. The van der Waals surface area contributed by atoms with Gasteiger partial charge in [0.1, 0.15) is 0 Å². The highest BCUT2D eigenvalue weighted by Gasteiger charge is 2.37. The van der Waals surface area contributed by atoms with Gasteiger partial charge in [0.2, 0.25) is 0 Å². The second-order valence-corrected chi connectivity index (χ2v) is 7.61. The molecule has 0 atom stereocenters. The average molecular weight is 266 g/mol. The summed E-state index contributed by atoms with van der Waals surface area (Å²) in [6, 6.07) is 0.666. The lowest BCUT2D eigenvalue weighted by molar-refractivity contribution is -0.111. The van der Waals surface area contributed by atoms with Crippen LogP contribution in [0, 0.1) is 0 Å². The van der Waals surface area contributed by atoms with Gasteiger partial charge in [-0.05, 0) is 6.42 Å². The Morgan fingerprint density at radius 2 is 1.75 bits per heavy atom. The molecule has 0 saturated carbocycles. The Labute approximate surface area is 103 Å². The molecule has 0 aliphatic carbocycles. The van der Waals surface area contributed by atoms with Gasteiger partial charge >= 0.3 is 8.80 Å². The minimum absolute atomic E-state index is 0.244. The molecule has 0 amide bonds. The summed E-state index contributed by atoms with van der Waals surface area (Å²) in [6.07, 6.45) is 2.68. The molecule has 0 aromatic heterocycles. The highest BCUT2D eigenvalue weighted by Crippen LogP contribution is 2.18. The van der Waals surface area contributed by atoms with E-state index in [2.05, 4.69) is 6.92 Å². The fraction of sp³-hybridized carbons (Fsp3) is 0.900. The summed E-state index contributed by atoms with van der Waals surface area (Å²) in [5, 5.41) is 0.244. The van der Waals surface area contributed by atoms with Crippen LogP contribution < -0.4 is 0 Å². The molecular weight excluding hydrogens is 244 g/mol. The second kappa shape index (κ2) is 9.18. The predicted molar refractivity (Wildman–Crippen MR) is 68.6 cm³/mol. The van der Waals surface area contributed by atoms with E-state index in [0.29, 0.717) is 18.2 Å². The summed E-state index contributed by atoms with van der Waals surface area (Å²) < 4.78 is 15.8. The average Bonchev–Trinajstić information content (AvgIpc) is 2.33. The van der Waals surface area contributed by atoms with Gasteiger partial charge in [0.05, 0.1) is 0 Å². The van der Waals surface area contributed by atoms with Gasteiger partial charge < -0.3 is 13.3 Å². The van der Waals surface area contributed by atoms with Crippen LogP contribution in [0.25, 0.3) is 0 Å². The molecule has 0 spiro atoms. The molecule has 0 aliphatic heterocycles. The van der Waals surface area contributed by atoms with Crippen LogP contribution in [-0.4, -0.2) is 41.0 Å². The SMILES string of the molecule is CCCCC(=O)SCC[Si](OC)(OC)OC. The first-order chi connectivity index (χ1) is 7.64. The number of carbonyl (C=O) groups is 1. The van der Waals surface area contributed by atoms with Crippen LogP contribution in [0.1, 0.15) is 26.2 Å². The predicted octanol–water partition coefficient (Wildman–Crippen LogP) is 2.31. The van der Waals surface area contributed by atoms with E-state index in [0.717, 1.165) is 12.8 Å². The van der Waals surface area contributed by atoms with Crippen LogP contribution in [0.15, 0.2) is 0 Å². The van der Waals surface area contributed by atoms with E-state index in [1.807, 2.05) is 0 Å². The standard InChI is InChI=1S/C10H22O4SSi/c1-5-6-7-10(11)15-8-9-16(12-2,13-3)14-4/h5-9H2,1-4H3. The fourth-order valence-corrected chi connectivity index (χ4v) is 4.28. The van der Waals surface area contributed by atoms with E-state index >= 15 is 0 Å². The van der Waals surface area contributed by atoms with Gasteiger partial charge in [-0.1, -0.05) is 25.1 Å². The summed E-state index contributed by atoms with van der Waals surface area (Å²) in [5.41, 5.74) is 0. The largest absolute Gasteiger partial charge is 0.500 e. The van der Waals surface area contributed by atoms with Crippen LogP contribution >= 0.6 is 11.8 Å². The maximum atomic E-state index is 11.4. The van der Waals surface area contributed by atoms with Crippen molar-refractivity contribution in [3.63, 3.8) is 0 Å². The van der Waals surface area contributed by atoms with Gasteiger partial charge in [-0.25, -0.2) is 0 Å². The van der Waals surface area contributed by atoms with Gasteiger partial charge in [0, 0.05) is 39.5 Å². The van der Waals surface area contributed by atoms with Crippen LogP contribution in [0.5, 0.6) is 0 Å². The molecule has 0 fully saturated rings. The van der Waals surface area contributed by atoms with E-state index in [-0.39, 0.29) is 5.12 Å². The van der Waals surface area contributed by atoms with Gasteiger partial charge in [-0.15, -0.1) is 0 Å². The van der Waals surface area contributed by atoms with Gasteiger partial charge in [0.15, 0.2) is 5.12 Å². The quantitative estimate of drug-likeness (QED) is 0.599. The second-order valence-electron chi connectivity index (χ2n) is 3.37. The summed E-state index contributed by atoms with van der Waals surface area (Å²) in [6.45, 7) is 2.08. The zero-order chi connectivity index (χ0) is 12.4. The van der Waals surface area contributed by atoms with Crippen molar-refractivity contribution in [2.24, 2.45) is 0 Å². The van der Waals surface area contributed by atoms with Gasteiger partial charge in [-0.2, -0.15) is 0 Å². The van der Waals surface area contributed by atoms with Crippen molar-refractivity contribution in [2.75, 3.05) is 27.1 Å².